The van der Waals surface area contributed by atoms with Crippen molar-refractivity contribution in [1.82, 2.24) is 5.32 Å². The number of carbonyl (C=O) groups is 1. The van der Waals surface area contributed by atoms with Crippen molar-refractivity contribution in [1.29, 1.82) is 0 Å². The Hall–Kier alpha value is -2.15. The van der Waals surface area contributed by atoms with Gasteiger partial charge in [0.15, 0.2) is 0 Å². The molecule has 0 radical (unpaired) electrons. The molecule has 0 bridgehead atoms. The van der Waals surface area contributed by atoms with Crippen molar-refractivity contribution in [2.45, 2.75) is 16.9 Å². The van der Waals surface area contributed by atoms with Gasteiger partial charge in [0, 0.05) is 29.7 Å². The van der Waals surface area contributed by atoms with Crippen molar-refractivity contribution in [2.24, 2.45) is 0 Å². The second-order valence-corrected chi connectivity index (χ2v) is 5.84. The van der Waals surface area contributed by atoms with E-state index in [1.807, 2.05) is 24.3 Å². The number of benzene rings is 2. The zero-order valence-electron chi connectivity index (χ0n) is 12.3. The van der Waals surface area contributed by atoms with E-state index in [2.05, 4.69) is 10.6 Å². The molecule has 122 valence electrons. The molecule has 1 amide bonds. The van der Waals surface area contributed by atoms with E-state index in [1.54, 1.807) is 7.05 Å². The lowest BCUT2D eigenvalue weighted by molar-refractivity contribution is -0.0328. The van der Waals surface area contributed by atoms with Crippen LogP contribution in [0.25, 0.3) is 0 Å². The average Bonchev–Trinajstić information content (AvgIpc) is 2.52. The van der Waals surface area contributed by atoms with E-state index >= 15 is 0 Å². The van der Waals surface area contributed by atoms with E-state index in [1.165, 1.54) is 24.3 Å². The molecule has 2 N–H and O–H groups in total. The van der Waals surface area contributed by atoms with Crippen LogP contribution in [0, 0.1) is 0 Å². The predicted octanol–water partition coefficient (Wildman–Crippen LogP) is 4.27. The van der Waals surface area contributed by atoms with Gasteiger partial charge in [0.2, 0.25) is 0 Å². The molecule has 3 nitrogen and oxygen atoms in total. The molecule has 7 heteroatoms. The summed E-state index contributed by atoms with van der Waals surface area (Å²) in [5.41, 5.74) is -2.15. The zero-order valence-corrected chi connectivity index (χ0v) is 13.1. The second kappa shape index (κ2) is 7.41. The molecule has 0 fully saturated rings. The summed E-state index contributed by atoms with van der Waals surface area (Å²) < 4.78 is 36.7. The van der Waals surface area contributed by atoms with Gasteiger partial charge in [-0.25, -0.2) is 0 Å². The molecule has 2 aromatic carbocycles. The molecule has 2 aromatic rings. The SMILES string of the molecule is CNc1cccc(CNC(=O)c2ccc(SC(F)(F)F)cc2)c1. The van der Waals surface area contributed by atoms with Crippen LogP contribution in [0.15, 0.2) is 53.4 Å². The fraction of sp³-hybridized carbons (Fsp3) is 0.188. The van der Waals surface area contributed by atoms with Gasteiger partial charge in [-0.15, -0.1) is 0 Å². The van der Waals surface area contributed by atoms with E-state index in [4.69, 9.17) is 0 Å². The van der Waals surface area contributed by atoms with E-state index < -0.39 is 5.51 Å². The van der Waals surface area contributed by atoms with Crippen LogP contribution in [0.5, 0.6) is 0 Å². The number of alkyl halides is 3. The van der Waals surface area contributed by atoms with Crippen molar-refractivity contribution >= 4 is 23.4 Å². The maximum absolute atomic E-state index is 12.2. The lowest BCUT2D eigenvalue weighted by Gasteiger charge is -2.08. The van der Waals surface area contributed by atoms with Gasteiger partial charge in [-0.1, -0.05) is 12.1 Å². The summed E-state index contributed by atoms with van der Waals surface area (Å²) in [4.78, 5) is 12.1. The van der Waals surface area contributed by atoms with E-state index in [0.717, 1.165) is 11.3 Å². The Morgan fingerprint density at radius 2 is 1.83 bits per heavy atom. The van der Waals surface area contributed by atoms with Crippen LogP contribution in [0.2, 0.25) is 0 Å². The first-order valence-corrected chi connectivity index (χ1v) is 7.60. The highest BCUT2D eigenvalue weighted by Crippen LogP contribution is 2.36. The van der Waals surface area contributed by atoms with Gasteiger partial charge in [0.05, 0.1) is 0 Å². The predicted molar refractivity (Wildman–Crippen MR) is 85.5 cm³/mol. The largest absolute Gasteiger partial charge is 0.446 e. The summed E-state index contributed by atoms with van der Waals surface area (Å²) in [6, 6.07) is 12.9. The lowest BCUT2D eigenvalue weighted by Crippen LogP contribution is -2.22. The van der Waals surface area contributed by atoms with Gasteiger partial charge >= 0.3 is 5.51 Å². The molecule has 23 heavy (non-hydrogen) atoms. The van der Waals surface area contributed by atoms with Crippen LogP contribution >= 0.6 is 11.8 Å². The number of hydrogen-bond donors (Lipinski definition) is 2. The molecule has 0 heterocycles. The Labute approximate surface area is 136 Å². The number of halogens is 3. The van der Waals surface area contributed by atoms with Crippen LogP contribution in [0.1, 0.15) is 15.9 Å². The maximum Gasteiger partial charge on any atom is 0.446 e. The fourth-order valence-corrected chi connectivity index (χ4v) is 2.47. The molecule has 0 saturated carbocycles. The number of carbonyl (C=O) groups excluding carboxylic acids is 1. The van der Waals surface area contributed by atoms with Gasteiger partial charge in [0.1, 0.15) is 0 Å². The average molecular weight is 340 g/mol. The summed E-state index contributed by atoms with van der Waals surface area (Å²) >= 11 is -0.203. The van der Waals surface area contributed by atoms with Crippen molar-refractivity contribution in [3.63, 3.8) is 0 Å². The number of thioether (sulfide) groups is 1. The first kappa shape index (κ1) is 17.2. The highest BCUT2D eigenvalue weighted by molar-refractivity contribution is 8.00. The quantitative estimate of drug-likeness (QED) is 0.799. The van der Waals surface area contributed by atoms with Crippen LogP contribution in [0.3, 0.4) is 0 Å². The Morgan fingerprint density at radius 3 is 2.43 bits per heavy atom. The van der Waals surface area contributed by atoms with Crippen LogP contribution in [0.4, 0.5) is 18.9 Å². The molecular weight excluding hydrogens is 325 g/mol. The molecule has 0 spiro atoms. The summed E-state index contributed by atoms with van der Waals surface area (Å²) in [5.74, 6) is -0.330. The molecule has 2 rings (SSSR count). The molecule has 0 unspecified atom stereocenters. The summed E-state index contributed by atoms with van der Waals surface area (Å²) in [6.07, 6.45) is 0. The third kappa shape index (κ3) is 5.52. The van der Waals surface area contributed by atoms with Crippen molar-refractivity contribution in [3.05, 3.63) is 59.7 Å². The number of anilines is 1. The maximum atomic E-state index is 12.2. The van der Waals surface area contributed by atoms with Gasteiger partial charge in [-0.05, 0) is 53.7 Å². The standard InChI is InChI=1S/C16H15F3N2OS/c1-20-13-4-2-3-11(9-13)10-21-15(22)12-5-7-14(8-6-12)23-16(17,18)19/h2-9,20H,10H2,1H3,(H,21,22). The summed E-state index contributed by atoms with van der Waals surface area (Å²) in [6.45, 7) is 0.341. The smallest absolute Gasteiger partial charge is 0.388 e. The van der Waals surface area contributed by atoms with E-state index in [9.17, 15) is 18.0 Å². The number of amides is 1. The number of hydrogen-bond acceptors (Lipinski definition) is 3. The normalized spacial score (nSPS) is 11.1. The molecule has 0 atom stereocenters. The van der Waals surface area contributed by atoms with Crippen LogP contribution in [-0.4, -0.2) is 18.5 Å². The molecule has 0 aromatic heterocycles. The fourth-order valence-electron chi connectivity index (χ4n) is 1.93. The highest BCUT2D eigenvalue weighted by atomic mass is 32.2. The molecule has 0 aliphatic rings. The minimum atomic E-state index is -4.33. The minimum absolute atomic E-state index is 0.0516. The Morgan fingerprint density at radius 1 is 1.13 bits per heavy atom. The van der Waals surface area contributed by atoms with Crippen LogP contribution < -0.4 is 10.6 Å². The summed E-state index contributed by atoms with van der Waals surface area (Å²) in [7, 11) is 1.80. The first-order valence-electron chi connectivity index (χ1n) is 6.78. The van der Waals surface area contributed by atoms with E-state index in [-0.39, 0.29) is 22.6 Å². The Kier molecular flexibility index (Phi) is 5.54. The van der Waals surface area contributed by atoms with Gasteiger partial charge in [-0.3, -0.25) is 4.79 Å². The summed E-state index contributed by atoms with van der Waals surface area (Å²) in [5, 5.41) is 5.74. The second-order valence-electron chi connectivity index (χ2n) is 4.71. The molecule has 0 saturated heterocycles. The van der Waals surface area contributed by atoms with Gasteiger partial charge in [0.25, 0.3) is 5.91 Å². The van der Waals surface area contributed by atoms with Crippen LogP contribution in [-0.2, 0) is 6.54 Å². The third-order valence-electron chi connectivity index (χ3n) is 3.02. The minimum Gasteiger partial charge on any atom is -0.388 e. The third-order valence-corrected chi connectivity index (χ3v) is 3.76. The van der Waals surface area contributed by atoms with Gasteiger partial charge in [-0.2, -0.15) is 13.2 Å². The first-order chi connectivity index (χ1) is 10.9. The molecule has 0 aliphatic carbocycles. The Balaban J connectivity index is 1.95. The van der Waals surface area contributed by atoms with E-state index in [0.29, 0.717) is 12.1 Å². The topological polar surface area (TPSA) is 41.1 Å². The number of rotatable bonds is 5. The van der Waals surface area contributed by atoms with Crippen molar-refractivity contribution < 1.29 is 18.0 Å². The van der Waals surface area contributed by atoms with Crippen molar-refractivity contribution in [2.75, 3.05) is 12.4 Å². The molecular formula is C16H15F3N2OS. The van der Waals surface area contributed by atoms with Gasteiger partial charge < -0.3 is 10.6 Å². The monoisotopic (exact) mass is 340 g/mol. The Bertz CT molecular complexity index is 672. The highest BCUT2D eigenvalue weighted by Gasteiger charge is 2.29. The zero-order chi connectivity index (χ0) is 16.9. The number of nitrogens with one attached hydrogen (secondary N) is 2. The lowest BCUT2D eigenvalue weighted by atomic mass is 10.2. The molecule has 0 aliphatic heterocycles. The van der Waals surface area contributed by atoms with Crippen molar-refractivity contribution in [3.8, 4) is 0 Å².